The molecule has 2 aliphatic heterocycles. The maximum atomic E-state index is 3.45. The predicted octanol–water partition coefficient (Wildman–Crippen LogP) is 0.374. The van der Waals surface area contributed by atoms with Gasteiger partial charge >= 0.3 is 0 Å². The first-order valence-corrected chi connectivity index (χ1v) is 5.96. The van der Waals surface area contributed by atoms with E-state index in [4.69, 9.17) is 0 Å². The minimum absolute atomic E-state index is 0.721. The molecule has 2 fully saturated rings. The van der Waals surface area contributed by atoms with Crippen molar-refractivity contribution in [2.75, 3.05) is 39.3 Å². The van der Waals surface area contributed by atoms with Crippen LogP contribution in [0.15, 0.2) is 0 Å². The van der Waals surface area contributed by atoms with Gasteiger partial charge in [0.05, 0.1) is 0 Å². The van der Waals surface area contributed by atoms with Crippen molar-refractivity contribution in [3.05, 3.63) is 0 Å². The molecule has 2 saturated heterocycles. The van der Waals surface area contributed by atoms with E-state index in [0.29, 0.717) is 0 Å². The van der Waals surface area contributed by atoms with Crippen LogP contribution in [0.3, 0.4) is 0 Å². The number of nitrogens with zero attached hydrogens (tertiary/aromatic N) is 2. The first-order valence-electron chi connectivity index (χ1n) is 5.96. The zero-order valence-electron chi connectivity index (χ0n) is 9.50. The van der Waals surface area contributed by atoms with Crippen LogP contribution < -0.4 is 5.32 Å². The quantitative estimate of drug-likeness (QED) is 0.690. The summed E-state index contributed by atoms with van der Waals surface area (Å²) in [6, 6.07) is 1.54. The fourth-order valence-corrected chi connectivity index (χ4v) is 2.57. The van der Waals surface area contributed by atoms with E-state index >= 15 is 0 Å². The van der Waals surface area contributed by atoms with Gasteiger partial charge in [0.2, 0.25) is 0 Å². The zero-order chi connectivity index (χ0) is 9.97. The second kappa shape index (κ2) is 4.60. The first-order chi connectivity index (χ1) is 6.77. The van der Waals surface area contributed by atoms with E-state index in [0.717, 1.165) is 12.1 Å². The third-order valence-corrected chi connectivity index (χ3v) is 3.63. The Kier molecular flexibility index (Phi) is 3.42. The summed E-state index contributed by atoms with van der Waals surface area (Å²) in [7, 11) is 0. The van der Waals surface area contributed by atoms with Crippen molar-refractivity contribution in [2.24, 2.45) is 0 Å². The van der Waals surface area contributed by atoms with Gasteiger partial charge in [0.25, 0.3) is 0 Å². The molecule has 0 aromatic heterocycles. The molecule has 82 valence electrons. The van der Waals surface area contributed by atoms with Crippen molar-refractivity contribution in [3.8, 4) is 0 Å². The first kappa shape index (κ1) is 10.4. The maximum Gasteiger partial charge on any atom is 0.0233 e. The van der Waals surface area contributed by atoms with Crippen LogP contribution in [0.25, 0.3) is 0 Å². The molecule has 14 heavy (non-hydrogen) atoms. The monoisotopic (exact) mass is 197 g/mol. The molecule has 0 radical (unpaired) electrons. The molecule has 0 aromatic carbocycles. The molecule has 1 unspecified atom stereocenters. The molecule has 0 bridgehead atoms. The van der Waals surface area contributed by atoms with Crippen LogP contribution in [-0.2, 0) is 0 Å². The summed E-state index contributed by atoms with van der Waals surface area (Å²) in [6.45, 7) is 12.1. The fraction of sp³-hybridized carbons (Fsp3) is 1.00. The summed E-state index contributed by atoms with van der Waals surface area (Å²) < 4.78 is 0. The van der Waals surface area contributed by atoms with Crippen LogP contribution >= 0.6 is 0 Å². The fourth-order valence-electron chi connectivity index (χ4n) is 2.57. The summed E-state index contributed by atoms with van der Waals surface area (Å²) >= 11 is 0. The van der Waals surface area contributed by atoms with Gasteiger partial charge in [-0.1, -0.05) is 0 Å². The Labute approximate surface area is 87.4 Å². The molecule has 0 aromatic rings. The van der Waals surface area contributed by atoms with E-state index < -0.39 is 0 Å². The van der Waals surface area contributed by atoms with Gasteiger partial charge in [-0.2, -0.15) is 0 Å². The standard InChI is InChI=1S/C11H23N3/c1-10(2)13-5-7-14(8-6-13)11-3-4-12-9-11/h10-12H,3-9H2,1-2H3. The van der Waals surface area contributed by atoms with E-state index in [1.807, 2.05) is 0 Å². The SMILES string of the molecule is CC(C)N1CCN(C2CCNC2)CC1. The molecular weight excluding hydrogens is 174 g/mol. The summed E-state index contributed by atoms with van der Waals surface area (Å²) in [5.41, 5.74) is 0. The third kappa shape index (κ3) is 2.27. The molecule has 1 N–H and O–H groups in total. The van der Waals surface area contributed by atoms with Gasteiger partial charge in [-0.3, -0.25) is 9.80 Å². The van der Waals surface area contributed by atoms with E-state index in [1.54, 1.807) is 0 Å². The Bertz CT molecular complexity index is 167. The molecule has 0 aliphatic carbocycles. The average Bonchev–Trinajstić information content (AvgIpc) is 2.71. The molecule has 0 amide bonds. The number of piperazine rings is 1. The van der Waals surface area contributed by atoms with Crippen LogP contribution in [0, 0.1) is 0 Å². The molecule has 2 aliphatic rings. The average molecular weight is 197 g/mol. The Morgan fingerprint density at radius 2 is 1.86 bits per heavy atom. The lowest BCUT2D eigenvalue weighted by Crippen LogP contribution is -2.52. The second-order valence-electron chi connectivity index (χ2n) is 4.81. The van der Waals surface area contributed by atoms with Crippen molar-refractivity contribution in [1.82, 2.24) is 15.1 Å². The summed E-state index contributed by atoms with van der Waals surface area (Å²) in [4.78, 5) is 5.25. The van der Waals surface area contributed by atoms with Crippen LogP contribution in [0.4, 0.5) is 0 Å². The van der Waals surface area contributed by atoms with Crippen molar-refractivity contribution in [1.29, 1.82) is 0 Å². The van der Waals surface area contributed by atoms with Gasteiger partial charge in [-0.05, 0) is 26.8 Å². The lowest BCUT2D eigenvalue weighted by Gasteiger charge is -2.39. The summed E-state index contributed by atoms with van der Waals surface area (Å²) in [5, 5.41) is 3.45. The van der Waals surface area contributed by atoms with Crippen LogP contribution in [-0.4, -0.2) is 61.2 Å². The maximum absolute atomic E-state index is 3.45. The Hall–Kier alpha value is -0.120. The summed E-state index contributed by atoms with van der Waals surface area (Å²) in [5.74, 6) is 0. The Morgan fingerprint density at radius 3 is 2.36 bits per heavy atom. The Morgan fingerprint density at radius 1 is 1.14 bits per heavy atom. The molecule has 3 nitrogen and oxygen atoms in total. The molecule has 3 heteroatoms. The number of rotatable bonds is 2. The number of hydrogen-bond acceptors (Lipinski definition) is 3. The third-order valence-electron chi connectivity index (χ3n) is 3.63. The van der Waals surface area contributed by atoms with Gasteiger partial charge in [0, 0.05) is 44.8 Å². The Balaban J connectivity index is 1.77. The van der Waals surface area contributed by atoms with Gasteiger partial charge in [-0.15, -0.1) is 0 Å². The predicted molar refractivity (Wildman–Crippen MR) is 59.6 cm³/mol. The normalized spacial score (nSPS) is 31.5. The molecule has 0 saturated carbocycles. The van der Waals surface area contributed by atoms with Crippen molar-refractivity contribution < 1.29 is 0 Å². The van der Waals surface area contributed by atoms with Crippen LogP contribution in [0.5, 0.6) is 0 Å². The molecule has 0 spiro atoms. The van der Waals surface area contributed by atoms with E-state index in [-0.39, 0.29) is 0 Å². The minimum Gasteiger partial charge on any atom is -0.315 e. The lowest BCUT2D eigenvalue weighted by molar-refractivity contribution is 0.0838. The van der Waals surface area contributed by atoms with E-state index in [1.165, 1.54) is 45.7 Å². The molecule has 1 atom stereocenters. The lowest BCUT2D eigenvalue weighted by atomic mass is 10.1. The van der Waals surface area contributed by atoms with E-state index in [2.05, 4.69) is 29.0 Å². The van der Waals surface area contributed by atoms with Gasteiger partial charge < -0.3 is 5.32 Å². The largest absolute Gasteiger partial charge is 0.315 e. The topological polar surface area (TPSA) is 18.5 Å². The van der Waals surface area contributed by atoms with Crippen molar-refractivity contribution >= 4 is 0 Å². The second-order valence-corrected chi connectivity index (χ2v) is 4.81. The smallest absolute Gasteiger partial charge is 0.0233 e. The zero-order valence-corrected chi connectivity index (χ0v) is 9.50. The van der Waals surface area contributed by atoms with Crippen molar-refractivity contribution in [3.63, 3.8) is 0 Å². The highest BCUT2D eigenvalue weighted by Gasteiger charge is 2.26. The molecule has 2 rings (SSSR count). The van der Waals surface area contributed by atoms with Gasteiger partial charge in [0.1, 0.15) is 0 Å². The molecular formula is C11H23N3. The number of nitrogens with one attached hydrogen (secondary N) is 1. The van der Waals surface area contributed by atoms with Crippen LogP contribution in [0.1, 0.15) is 20.3 Å². The van der Waals surface area contributed by atoms with Crippen molar-refractivity contribution in [2.45, 2.75) is 32.4 Å². The summed E-state index contributed by atoms with van der Waals surface area (Å²) in [6.07, 6.45) is 1.35. The minimum atomic E-state index is 0.721. The number of hydrogen-bond donors (Lipinski definition) is 1. The van der Waals surface area contributed by atoms with Crippen LogP contribution in [0.2, 0.25) is 0 Å². The molecule has 2 heterocycles. The van der Waals surface area contributed by atoms with Gasteiger partial charge in [0.15, 0.2) is 0 Å². The highest BCUT2D eigenvalue weighted by Crippen LogP contribution is 2.13. The van der Waals surface area contributed by atoms with Gasteiger partial charge in [-0.25, -0.2) is 0 Å². The van der Waals surface area contributed by atoms with E-state index in [9.17, 15) is 0 Å². The highest BCUT2D eigenvalue weighted by molar-refractivity contribution is 4.84. The highest BCUT2D eigenvalue weighted by atomic mass is 15.3.